The Balaban J connectivity index is 2.70. The van der Waals surface area contributed by atoms with Gasteiger partial charge in [-0.15, -0.1) is 0 Å². The largest absolute Gasteiger partial charge is 0.465 e. The Morgan fingerprint density at radius 3 is 2.62 bits per heavy atom. The standard InChI is InChI=1S/C18H34O3/c1-5-7-8-9-12-18(17(19)21-14-15(3)4)13-10-11-16(18)20-6-2/h15-16H,5-14H2,1-4H3. The van der Waals surface area contributed by atoms with E-state index in [0.29, 0.717) is 19.1 Å². The van der Waals surface area contributed by atoms with Crippen LogP contribution in [-0.4, -0.2) is 25.3 Å². The van der Waals surface area contributed by atoms with Crippen LogP contribution < -0.4 is 0 Å². The lowest BCUT2D eigenvalue weighted by Gasteiger charge is -2.33. The lowest BCUT2D eigenvalue weighted by molar-refractivity contribution is -0.166. The Morgan fingerprint density at radius 1 is 1.24 bits per heavy atom. The highest BCUT2D eigenvalue weighted by atomic mass is 16.5. The van der Waals surface area contributed by atoms with Crippen LogP contribution in [-0.2, 0) is 14.3 Å². The quantitative estimate of drug-likeness (QED) is 0.432. The summed E-state index contributed by atoms with van der Waals surface area (Å²) in [7, 11) is 0. The fraction of sp³-hybridized carbons (Fsp3) is 0.944. The van der Waals surface area contributed by atoms with Gasteiger partial charge in [0.15, 0.2) is 0 Å². The predicted octanol–water partition coefficient (Wildman–Crippen LogP) is 4.73. The molecule has 21 heavy (non-hydrogen) atoms. The van der Waals surface area contributed by atoms with Gasteiger partial charge in [-0.3, -0.25) is 4.79 Å². The molecule has 2 atom stereocenters. The lowest BCUT2D eigenvalue weighted by atomic mass is 9.78. The smallest absolute Gasteiger partial charge is 0.314 e. The Morgan fingerprint density at radius 2 is 2.00 bits per heavy atom. The zero-order valence-corrected chi connectivity index (χ0v) is 14.5. The number of unbranched alkanes of at least 4 members (excludes halogenated alkanes) is 3. The van der Waals surface area contributed by atoms with Crippen molar-refractivity contribution in [3.63, 3.8) is 0 Å². The van der Waals surface area contributed by atoms with Crippen molar-refractivity contribution in [2.75, 3.05) is 13.2 Å². The fourth-order valence-electron chi connectivity index (χ4n) is 3.36. The fourth-order valence-corrected chi connectivity index (χ4v) is 3.36. The molecule has 1 fully saturated rings. The number of hydrogen-bond donors (Lipinski definition) is 0. The third-order valence-electron chi connectivity index (χ3n) is 4.50. The van der Waals surface area contributed by atoms with E-state index in [9.17, 15) is 4.79 Å². The molecule has 1 rings (SSSR count). The van der Waals surface area contributed by atoms with Gasteiger partial charge >= 0.3 is 5.97 Å². The summed E-state index contributed by atoms with van der Waals surface area (Å²) >= 11 is 0. The second kappa shape index (κ2) is 9.45. The molecule has 124 valence electrons. The van der Waals surface area contributed by atoms with Gasteiger partial charge in [-0.25, -0.2) is 0 Å². The van der Waals surface area contributed by atoms with Crippen LogP contribution in [0.3, 0.4) is 0 Å². The van der Waals surface area contributed by atoms with Gasteiger partial charge in [0.1, 0.15) is 0 Å². The number of carbonyl (C=O) groups is 1. The molecule has 0 amide bonds. The van der Waals surface area contributed by atoms with E-state index in [4.69, 9.17) is 9.47 Å². The molecule has 0 saturated heterocycles. The molecule has 0 aromatic rings. The molecular weight excluding hydrogens is 264 g/mol. The molecule has 2 unspecified atom stereocenters. The van der Waals surface area contributed by atoms with Crippen molar-refractivity contribution in [2.24, 2.45) is 11.3 Å². The Hall–Kier alpha value is -0.570. The highest BCUT2D eigenvalue weighted by Crippen LogP contribution is 2.45. The van der Waals surface area contributed by atoms with Gasteiger partial charge in [-0.05, 0) is 38.5 Å². The summed E-state index contributed by atoms with van der Waals surface area (Å²) in [4.78, 5) is 12.7. The highest BCUT2D eigenvalue weighted by molar-refractivity contribution is 5.78. The molecule has 0 radical (unpaired) electrons. The molecule has 1 aliphatic carbocycles. The van der Waals surface area contributed by atoms with E-state index >= 15 is 0 Å². The number of rotatable bonds is 10. The molecule has 0 heterocycles. The minimum absolute atomic E-state index is 0.0105. The molecule has 0 aliphatic heterocycles. The van der Waals surface area contributed by atoms with E-state index in [-0.39, 0.29) is 17.5 Å². The number of ether oxygens (including phenoxy) is 2. The predicted molar refractivity (Wildman–Crippen MR) is 86.3 cm³/mol. The van der Waals surface area contributed by atoms with E-state index in [0.717, 1.165) is 32.1 Å². The topological polar surface area (TPSA) is 35.5 Å². The van der Waals surface area contributed by atoms with Crippen molar-refractivity contribution in [3.8, 4) is 0 Å². The van der Waals surface area contributed by atoms with Crippen molar-refractivity contribution in [2.45, 2.75) is 85.2 Å². The maximum absolute atomic E-state index is 12.7. The van der Waals surface area contributed by atoms with Gasteiger partial charge in [0, 0.05) is 6.61 Å². The first-order valence-corrected chi connectivity index (χ1v) is 8.85. The summed E-state index contributed by atoms with van der Waals surface area (Å²) in [6.45, 7) is 9.59. The molecule has 1 saturated carbocycles. The average molecular weight is 298 g/mol. The van der Waals surface area contributed by atoms with Crippen LogP contribution in [0.4, 0.5) is 0 Å². The van der Waals surface area contributed by atoms with Crippen LogP contribution in [0.5, 0.6) is 0 Å². The van der Waals surface area contributed by atoms with Crippen molar-refractivity contribution >= 4 is 5.97 Å². The molecule has 0 bridgehead atoms. The molecule has 1 aliphatic rings. The molecule has 0 aromatic carbocycles. The van der Waals surface area contributed by atoms with Crippen molar-refractivity contribution < 1.29 is 14.3 Å². The first-order valence-electron chi connectivity index (χ1n) is 8.85. The maximum Gasteiger partial charge on any atom is 0.314 e. The minimum atomic E-state index is -0.376. The van der Waals surface area contributed by atoms with E-state index < -0.39 is 0 Å². The number of hydrogen-bond acceptors (Lipinski definition) is 3. The summed E-state index contributed by atoms with van der Waals surface area (Å²) < 4.78 is 11.5. The molecular formula is C18H34O3. The first-order chi connectivity index (χ1) is 10.1. The molecule has 0 N–H and O–H groups in total. The average Bonchev–Trinajstić information content (AvgIpc) is 2.85. The van der Waals surface area contributed by atoms with Crippen LogP contribution in [0, 0.1) is 11.3 Å². The first kappa shape index (κ1) is 18.5. The second-order valence-corrected chi connectivity index (χ2v) is 6.80. The van der Waals surface area contributed by atoms with Gasteiger partial charge in [0.25, 0.3) is 0 Å². The van der Waals surface area contributed by atoms with Crippen LogP contribution in [0.15, 0.2) is 0 Å². The van der Waals surface area contributed by atoms with Gasteiger partial charge < -0.3 is 9.47 Å². The van der Waals surface area contributed by atoms with Crippen molar-refractivity contribution in [1.82, 2.24) is 0 Å². The van der Waals surface area contributed by atoms with Crippen molar-refractivity contribution in [1.29, 1.82) is 0 Å². The van der Waals surface area contributed by atoms with Gasteiger partial charge in [0.2, 0.25) is 0 Å². The van der Waals surface area contributed by atoms with Gasteiger partial charge in [-0.1, -0.05) is 46.5 Å². The highest BCUT2D eigenvalue weighted by Gasteiger charge is 2.50. The maximum atomic E-state index is 12.7. The molecule has 3 nitrogen and oxygen atoms in total. The normalized spacial score (nSPS) is 25.5. The zero-order valence-electron chi connectivity index (χ0n) is 14.5. The van der Waals surface area contributed by atoms with Gasteiger partial charge in [-0.2, -0.15) is 0 Å². The van der Waals surface area contributed by atoms with E-state index in [1.807, 2.05) is 6.92 Å². The summed E-state index contributed by atoms with van der Waals surface area (Å²) in [5.74, 6) is 0.377. The lowest BCUT2D eigenvalue weighted by Crippen LogP contribution is -2.41. The summed E-state index contributed by atoms with van der Waals surface area (Å²) in [6, 6.07) is 0. The summed E-state index contributed by atoms with van der Waals surface area (Å²) in [5.41, 5.74) is -0.376. The Labute approximate surface area is 130 Å². The summed E-state index contributed by atoms with van der Waals surface area (Å²) in [6.07, 6.45) is 8.77. The summed E-state index contributed by atoms with van der Waals surface area (Å²) in [5, 5.41) is 0. The zero-order chi connectivity index (χ0) is 15.7. The Bertz CT molecular complexity index is 301. The van der Waals surface area contributed by atoms with E-state index in [1.54, 1.807) is 0 Å². The molecule has 0 spiro atoms. The SMILES string of the molecule is CCCCCCC1(C(=O)OCC(C)C)CCCC1OCC. The van der Waals surface area contributed by atoms with E-state index in [1.165, 1.54) is 19.3 Å². The van der Waals surface area contributed by atoms with E-state index in [2.05, 4.69) is 20.8 Å². The van der Waals surface area contributed by atoms with Crippen LogP contribution in [0.1, 0.15) is 79.1 Å². The third-order valence-corrected chi connectivity index (χ3v) is 4.50. The van der Waals surface area contributed by atoms with Crippen molar-refractivity contribution in [3.05, 3.63) is 0 Å². The van der Waals surface area contributed by atoms with Crippen LogP contribution in [0.2, 0.25) is 0 Å². The third kappa shape index (κ3) is 5.28. The number of carbonyl (C=O) groups excluding carboxylic acids is 1. The van der Waals surface area contributed by atoms with Crippen LogP contribution >= 0.6 is 0 Å². The monoisotopic (exact) mass is 298 g/mol. The van der Waals surface area contributed by atoms with Gasteiger partial charge in [0.05, 0.1) is 18.1 Å². The molecule has 3 heteroatoms. The van der Waals surface area contributed by atoms with Crippen LogP contribution in [0.25, 0.3) is 0 Å². The number of esters is 1. The minimum Gasteiger partial charge on any atom is -0.465 e. The second-order valence-electron chi connectivity index (χ2n) is 6.80. The Kier molecular flexibility index (Phi) is 8.31. The molecule has 0 aromatic heterocycles.